The number of rotatable bonds is 5. The van der Waals surface area contributed by atoms with E-state index >= 15 is 0 Å². The van der Waals surface area contributed by atoms with E-state index < -0.39 is 6.10 Å². The molecule has 0 fully saturated rings. The van der Waals surface area contributed by atoms with Crippen LogP contribution in [0.4, 0.5) is 0 Å². The van der Waals surface area contributed by atoms with Gasteiger partial charge >= 0.3 is 0 Å². The van der Waals surface area contributed by atoms with Gasteiger partial charge in [-0.25, -0.2) is 0 Å². The van der Waals surface area contributed by atoms with E-state index in [2.05, 4.69) is 22.6 Å². The molecule has 4 nitrogen and oxygen atoms in total. The predicted molar refractivity (Wildman–Crippen MR) is 151 cm³/mol. The zero-order valence-corrected chi connectivity index (χ0v) is 21.4. The average Bonchev–Trinajstić information content (AvgIpc) is 2.88. The highest BCUT2D eigenvalue weighted by atomic mass is 127. The summed E-state index contributed by atoms with van der Waals surface area (Å²) in [5, 5.41) is 41.6. The maximum absolute atomic E-state index is 11.2. The van der Waals surface area contributed by atoms with E-state index in [0.29, 0.717) is 5.56 Å². The van der Waals surface area contributed by atoms with E-state index in [-0.39, 0.29) is 29.1 Å². The van der Waals surface area contributed by atoms with Gasteiger partial charge in [0.25, 0.3) is 0 Å². The van der Waals surface area contributed by atoms with Crippen LogP contribution in [0.2, 0.25) is 0 Å². The minimum atomic E-state index is -0.758. The zero-order chi connectivity index (χ0) is 25.2. The Morgan fingerprint density at radius 2 is 1.25 bits per heavy atom. The fraction of sp³-hybridized carbons (Fsp3) is 0.0968. The molecule has 5 heteroatoms. The van der Waals surface area contributed by atoms with Gasteiger partial charge in [0.2, 0.25) is 0 Å². The maximum atomic E-state index is 11.2. The van der Waals surface area contributed by atoms with Crippen molar-refractivity contribution >= 4 is 28.2 Å². The summed E-state index contributed by atoms with van der Waals surface area (Å²) in [5.74, 6) is -0.129. The molecule has 3 atom stereocenters. The lowest BCUT2D eigenvalue weighted by Gasteiger charge is -2.32. The molecule has 0 bridgehead atoms. The van der Waals surface area contributed by atoms with E-state index in [4.69, 9.17) is 0 Å². The van der Waals surface area contributed by atoms with Gasteiger partial charge in [0, 0.05) is 21.0 Å². The number of aromatic hydroxyl groups is 3. The van der Waals surface area contributed by atoms with Crippen LogP contribution in [0.3, 0.4) is 0 Å². The van der Waals surface area contributed by atoms with Gasteiger partial charge in [-0.15, -0.1) is 0 Å². The van der Waals surface area contributed by atoms with Gasteiger partial charge in [-0.1, -0.05) is 60.7 Å². The van der Waals surface area contributed by atoms with Gasteiger partial charge in [0.1, 0.15) is 17.2 Å². The van der Waals surface area contributed by atoms with Crippen LogP contribution in [0.5, 0.6) is 17.2 Å². The second kappa shape index (κ2) is 10.2. The number of hydrogen-bond donors (Lipinski definition) is 4. The highest BCUT2D eigenvalue weighted by Crippen LogP contribution is 2.44. The maximum Gasteiger partial charge on any atom is 0.119 e. The zero-order valence-electron chi connectivity index (χ0n) is 19.3. The van der Waals surface area contributed by atoms with Gasteiger partial charge < -0.3 is 20.4 Å². The quantitative estimate of drug-likeness (QED) is 0.193. The molecule has 4 aromatic rings. The molecule has 0 heterocycles. The van der Waals surface area contributed by atoms with Crippen LogP contribution in [-0.4, -0.2) is 26.5 Å². The van der Waals surface area contributed by atoms with E-state index in [1.54, 1.807) is 36.4 Å². The number of phenolic OH excluding ortho intramolecular Hbond substituents is 3. The summed E-state index contributed by atoms with van der Waals surface area (Å²) in [5.41, 5.74) is 5.39. The molecule has 4 N–H and O–H groups in total. The Morgan fingerprint density at radius 3 is 1.89 bits per heavy atom. The van der Waals surface area contributed by atoms with Crippen LogP contribution in [0.1, 0.15) is 22.6 Å². The molecule has 0 saturated carbocycles. The minimum Gasteiger partial charge on any atom is -0.508 e. The number of phenols is 3. The Morgan fingerprint density at radius 1 is 0.667 bits per heavy atom. The van der Waals surface area contributed by atoms with Crippen molar-refractivity contribution in [3.63, 3.8) is 0 Å². The van der Waals surface area contributed by atoms with Gasteiger partial charge in [-0.05, 0) is 98.9 Å². The topological polar surface area (TPSA) is 80.9 Å². The number of halogens is 1. The van der Waals surface area contributed by atoms with Crippen LogP contribution < -0.4 is 0 Å². The summed E-state index contributed by atoms with van der Waals surface area (Å²) in [4.78, 5) is 0. The third-order valence-electron chi connectivity index (χ3n) is 6.62. The van der Waals surface area contributed by atoms with Gasteiger partial charge in [0.15, 0.2) is 0 Å². The smallest absolute Gasteiger partial charge is 0.119 e. The number of hydrogen-bond acceptors (Lipinski definition) is 4. The summed E-state index contributed by atoms with van der Waals surface area (Å²) in [6.07, 6.45) is 4.97. The Hall–Kier alpha value is -3.55. The van der Waals surface area contributed by atoms with E-state index in [1.165, 1.54) is 0 Å². The van der Waals surface area contributed by atoms with Crippen molar-refractivity contribution in [1.29, 1.82) is 0 Å². The van der Waals surface area contributed by atoms with Crippen molar-refractivity contribution in [3.8, 4) is 28.4 Å². The van der Waals surface area contributed by atoms with Crippen molar-refractivity contribution in [1.82, 2.24) is 0 Å². The number of benzene rings is 4. The van der Waals surface area contributed by atoms with Crippen LogP contribution in [0.25, 0.3) is 16.7 Å². The first-order chi connectivity index (χ1) is 17.4. The van der Waals surface area contributed by atoms with Crippen molar-refractivity contribution in [2.24, 2.45) is 5.92 Å². The standard InChI is InChI=1S/C31H25IO4/c32-24-9-1-21(2-10-24)31(27-17-22(7-15-29(27)35)19-3-11-25(33)12-4-19)28-18-23(8-16-30(28)36)20-5-13-26(34)14-6-20/h1-18,27,29,31,33-36H. The fourth-order valence-electron chi connectivity index (χ4n) is 4.75. The molecule has 1 aliphatic carbocycles. The van der Waals surface area contributed by atoms with Crippen molar-refractivity contribution < 1.29 is 20.4 Å². The molecule has 0 radical (unpaired) electrons. The first-order valence-electron chi connectivity index (χ1n) is 11.6. The lowest BCUT2D eigenvalue weighted by Crippen LogP contribution is -2.26. The average molecular weight is 588 g/mol. The fourth-order valence-corrected chi connectivity index (χ4v) is 5.11. The summed E-state index contributed by atoms with van der Waals surface area (Å²) in [7, 11) is 0. The highest BCUT2D eigenvalue weighted by Gasteiger charge is 2.32. The minimum absolute atomic E-state index is 0.155. The van der Waals surface area contributed by atoms with Gasteiger partial charge in [-0.3, -0.25) is 0 Å². The molecule has 0 spiro atoms. The highest BCUT2D eigenvalue weighted by molar-refractivity contribution is 14.1. The van der Waals surface area contributed by atoms with E-state index in [1.807, 2.05) is 72.8 Å². The number of allylic oxidation sites excluding steroid dienone is 2. The first-order valence-corrected chi connectivity index (χ1v) is 12.7. The molecule has 0 aromatic heterocycles. The SMILES string of the molecule is Oc1ccc(C2=CC(C(c3ccc(I)cc3)c3cc(-c4ccc(O)cc4)ccc3O)C(O)C=C2)cc1. The molecule has 5 rings (SSSR count). The lowest BCUT2D eigenvalue weighted by atomic mass is 9.74. The number of aliphatic hydroxyl groups is 1. The molecule has 0 amide bonds. The third kappa shape index (κ3) is 5.03. The molecule has 36 heavy (non-hydrogen) atoms. The predicted octanol–water partition coefficient (Wildman–Crippen LogP) is 6.84. The summed E-state index contributed by atoms with van der Waals surface area (Å²) in [6, 6.07) is 27.6. The molecule has 3 unspecified atom stereocenters. The molecule has 0 aliphatic heterocycles. The molecule has 180 valence electrons. The van der Waals surface area contributed by atoms with Crippen molar-refractivity contribution in [3.05, 3.63) is 129 Å². The summed E-state index contributed by atoms with van der Waals surface area (Å²) >= 11 is 2.27. The van der Waals surface area contributed by atoms with Crippen molar-refractivity contribution in [2.45, 2.75) is 12.0 Å². The van der Waals surface area contributed by atoms with Crippen molar-refractivity contribution in [2.75, 3.05) is 0 Å². The summed E-state index contributed by atoms with van der Waals surface area (Å²) < 4.78 is 1.10. The molecular weight excluding hydrogens is 563 g/mol. The van der Waals surface area contributed by atoms with E-state index in [9.17, 15) is 20.4 Å². The molecule has 1 aliphatic rings. The second-order valence-corrected chi connectivity index (χ2v) is 10.2. The Bertz CT molecular complexity index is 1420. The molecular formula is C31H25IO4. The lowest BCUT2D eigenvalue weighted by molar-refractivity contribution is 0.166. The Labute approximate surface area is 223 Å². The van der Waals surface area contributed by atoms with Crippen LogP contribution in [0, 0.1) is 9.49 Å². The number of aliphatic hydroxyl groups excluding tert-OH is 1. The second-order valence-electron chi connectivity index (χ2n) is 8.95. The van der Waals surface area contributed by atoms with Crippen LogP contribution in [0.15, 0.2) is 109 Å². The third-order valence-corrected chi connectivity index (χ3v) is 7.34. The van der Waals surface area contributed by atoms with Crippen LogP contribution >= 0.6 is 22.6 Å². The van der Waals surface area contributed by atoms with E-state index in [0.717, 1.165) is 31.4 Å². The first kappa shape index (κ1) is 24.2. The Kier molecular flexibility index (Phi) is 6.85. The summed E-state index contributed by atoms with van der Waals surface area (Å²) in [6.45, 7) is 0. The van der Waals surface area contributed by atoms with Gasteiger partial charge in [0.05, 0.1) is 6.10 Å². The monoisotopic (exact) mass is 588 g/mol. The normalized spacial score (nSPS) is 18.0. The largest absolute Gasteiger partial charge is 0.508 e. The Balaban J connectivity index is 1.65. The molecule has 0 saturated heterocycles. The van der Waals surface area contributed by atoms with Crippen LogP contribution in [-0.2, 0) is 0 Å². The molecule has 4 aromatic carbocycles. The van der Waals surface area contributed by atoms with Gasteiger partial charge in [-0.2, -0.15) is 0 Å².